The molecule has 0 saturated heterocycles. The van der Waals surface area contributed by atoms with Gasteiger partial charge < -0.3 is 25.7 Å². The highest BCUT2D eigenvalue weighted by molar-refractivity contribution is 6.32. The van der Waals surface area contributed by atoms with Crippen LogP contribution in [0.3, 0.4) is 0 Å². The van der Waals surface area contributed by atoms with Crippen molar-refractivity contribution in [2.75, 3.05) is 24.3 Å². The Bertz CT molecular complexity index is 1420. The number of halogens is 3. The Labute approximate surface area is 209 Å². The van der Waals surface area contributed by atoms with Gasteiger partial charge in [-0.2, -0.15) is 5.10 Å². The first-order valence-corrected chi connectivity index (χ1v) is 11.3. The van der Waals surface area contributed by atoms with Crippen LogP contribution in [-0.2, 0) is 13.0 Å². The minimum absolute atomic E-state index is 0.221. The van der Waals surface area contributed by atoms with Crippen LogP contribution in [0, 0.1) is 0 Å². The maximum atomic E-state index is 12.8. The molecule has 1 aromatic carbocycles. The van der Waals surface area contributed by atoms with Crippen molar-refractivity contribution < 1.29 is 18.3 Å². The lowest BCUT2D eigenvalue weighted by Crippen LogP contribution is -2.31. The topological polar surface area (TPSA) is 122 Å². The van der Waals surface area contributed by atoms with E-state index in [1.54, 1.807) is 30.5 Å². The van der Waals surface area contributed by atoms with Crippen LogP contribution in [0.15, 0.2) is 42.9 Å². The number of amides is 1. The number of aromatic nitrogens is 5. The summed E-state index contributed by atoms with van der Waals surface area (Å²) < 4.78 is 31.8. The Morgan fingerprint density at radius 1 is 1.28 bits per heavy atom. The highest BCUT2D eigenvalue weighted by Crippen LogP contribution is 2.40. The molecule has 5 rings (SSSR count). The van der Waals surface area contributed by atoms with E-state index in [2.05, 4.69) is 36.0 Å². The van der Waals surface area contributed by atoms with Gasteiger partial charge in [0.15, 0.2) is 5.75 Å². The molecule has 0 saturated carbocycles. The zero-order valence-corrected chi connectivity index (χ0v) is 19.7. The fraction of sp³-hybridized carbons (Fsp3) is 0.217. The molecular weight excluding hydrogens is 494 g/mol. The number of para-hydroxylation sites is 1. The SMILES string of the molecule is COc1c(Cl)cccc1Nc1c(-c2ccnc(Nc3cnn(CC(F)F)c3)n2)[nH]c2c1C(=O)NCC2. The zero-order chi connectivity index (χ0) is 25.2. The van der Waals surface area contributed by atoms with Gasteiger partial charge in [-0.25, -0.2) is 18.7 Å². The van der Waals surface area contributed by atoms with Gasteiger partial charge in [-0.15, -0.1) is 0 Å². The number of alkyl halides is 2. The second-order valence-electron chi connectivity index (χ2n) is 7.91. The number of rotatable bonds is 8. The molecule has 0 radical (unpaired) electrons. The van der Waals surface area contributed by atoms with E-state index >= 15 is 0 Å². The van der Waals surface area contributed by atoms with Gasteiger partial charge in [-0.1, -0.05) is 17.7 Å². The average molecular weight is 515 g/mol. The molecule has 0 atom stereocenters. The number of nitrogens with zero attached hydrogens (tertiary/aromatic N) is 4. The smallest absolute Gasteiger partial charge is 0.257 e. The molecule has 1 amide bonds. The second-order valence-corrected chi connectivity index (χ2v) is 8.32. The standard InChI is InChI=1S/C23H21ClF2N8O2/c1-36-21-13(24)3-2-4-16(21)32-20-18-14(5-7-27-22(18)35)31-19(20)15-6-8-28-23(33-15)30-12-9-29-34(10-12)11-17(25)26/h2-4,6,8-10,17,31-32H,5,7,11H2,1H3,(H,27,35)(H,28,30,33). The largest absolute Gasteiger partial charge is 0.493 e. The van der Waals surface area contributed by atoms with Gasteiger partial charge in [0.2, 0.25) is 5.95 Å². The number of hydrogen-bond donors (Lipinski definition) is 4. The lowest BCUT2D eigenvalue weighted by atomic mass is 10.1. The van der Waals surface area contributed by atoms with E-state index in [9.17, 15) is 13.6 Å². The molecule has 0 aliphatic carbocycles. The highest BCUT2D eigenvalue weighted by atomic mass is 35.5. The fourth-order valence-electron chi connectivity index (χ4n) is 4.00. The molecule has 10 nitrogen and oxygen atoms in total. The van der Waals surface area contributed by atoms with Crippen LogP contribution in [0.4, 0.5) is 31.8 Å². The second kappa shape index (κ2) is 9.82. The van der Waals surface area contributed by atoms with Crippen LogP contribution in [0.5, 0.6) is 5.75 Å². The molecule has 0 unspecified atom stereocenters. The molecule has 1 aliphatic rings. The Kier molecular flexibility index (Phi) is 6.42. The van der Waals surface area contributed by atoms with Gasteiger partial charge in [0.25, 0.3) is 12.3 Å². The van der Waals surface area contributed by atoms with Crippen molar-refractivity contribution in [1.82, 2.24) is 30.0 Å². The van der Waals surface area contributed by atoms with Crippen LogP contribution >= 0.6 is 11.6 Å². The maximum Gasteiger partial charge on any atom is 0.257 e. The van der Waals surface area contributed by atoms with Gasteiger partial charge in [-0.05, 0) is 18.2 Å². The summed E-state index contributed by atoms with van der Waals surface area (Å²) in [5.74, 6) is 0.440. The minimum Gasteiger partial charge on any atom is -0.493 e. The third-order valence-electron chi connectivity index (χ3n) is 5.52. The monoisotopic (exact) mass is 514 g/mol. The Hall–Kier alpha value is -4.19. The van der Waals surface area contributed by atoms with Gasteiger partial charge in [0.1, 0.15) is 6.54 Å². The molecule has 4 N–H and O–H groups in total. The molecule has 186 valence electrons. The molecular formula is C23H21ClF2N8O2. The molecule has 13 heteroatoms. The van der Waals surface area contributed by atoms with E-state index in [-0.39, 0.29) is 11.9 Å². The first-order chi connectivity index (χ1) is 17.4. The van der Waals surface area contributed by atoms with Crippen LogP contribution < -0.4 is 20.7 Å². The molecule has 4 heterocycles. The summed E-state index contributed by atoms with van der Waals surface area (Å²) in [4.78, 5) is 24.9. The van der Waals surface area contributed by atoms with E-state index in [0.717, 1.165) is 10.4 Å². The van der Waals surface area contributed by atoms with Gasteiger partial charge >= 0.3 is 0 Å². The third-order valence-corrected chi connectivity index (χ3v) is 5.82. The number of benzene rings is 1. The Morgan fingerprint density at radius 3 is 2.94 bits per heavy atom. The molecule has 36 heavy (non-hydrogen) atoms. The number of hydrogen-bond acceptors (Lipinski definition) is 7. The first-order valence-electron chi connectivity index (χ1n) is 11.0. The summed E-state index contributed by atoms with van der Waals surface area (Å²) in [6.07, 6.45) is 2.50. The average Bonchev–Trinajstić information content (AvgIpc) is 3.44. The van der Waals surface area contributed by atoms with Crippen molar-refractivity contribution in [3.63, 3.8) is 0 Å². The molecule has 0 fully saturated rings. The summed E-state index contributed by atoms with van der Waals surface area (Å²) in [6, 6.07) is 6.96. The summed E-state index contributed by atoms with van der Waals surface area (Å²) in [5, 5.41) is 13.5. The summed E-state index contributed by atoms with van der Waals surface area (Å²) in [6.45, 7) is -0.00837. The molecule has 1 aliphatic heterocycles. The van der Waals surface area contributed by atoms with E-state index in [1.165, 1.54) is 19.5 Å². The van der Waals surface area contributed by atoms with E-state index in [1.807, 2.05) is 0 Å². The minimum atomic E-state index is -2.52. The van der Waals surface area contributed by atoms with Gasteiger partial charge in [0, 0.05) is 31.1 Å². The van der Waals surface area contributed by atoms with E-state index in [0.29, 0.717) is 57.8 Å². The number of carbonyl (C=O) groups is 1. The van der Waals surface area contributed by atoms with Crippen LogP contribution in [0.25, 0.3) is 11.4 Å². The first kappa shape index (κ1) is 23.5. The van der Waals surface area contributed by atoms with Crippen LogP contribution in [0.2, 0.25) is 5.02 Å². The Morgan fingerprint density at radius 2 is 2.14 bits per heavy atom. The normalized spacial score (nSPS) is 12.9. The number of H-pyrrole nitrogens is 1. The van der Waals surface area contributed by atoms with Crippen molar-refractivity contribution in [3.05, 3.63) is 59.1 Å². The lowest BCUT2D eigenvalue weighted by molar-refractivity contribution is 0.0946. The van der Waals surface area contributed by atoms with Crippen molar-refractivity contribution in [2.24, 2.45) is 0 Å². The lowest BCUT2D eigenvalue weighted by Gasteiger charge is -2.17. The van der Waals surface area contributed by atoms with Gasteiger partial charge in [-0.3, -0.25) is 9.48 Å². The maximum absolute atomic E-state index is 12.8. The quantitative estimate of drug-likeness (QED) is 0.275. The molecule has 0 spiro atoms. The number of anilines is 4. The van der Waals surface area contributed by atoms with E-state index < -0.39 is 13.0 Å². The zero-order valence-electron chi connectivity index (χ0n) is 19.0. The summed E-state index contributed by atoms with van der Waals surface area (Å²) in [7, 11) is 1.51. The summed E-state index contributed by atoms with van der Waals surface area (Å²) in [5.41, 5.74) is 3.84. The van der Waals surface area contributed by atoms with Crippen molar-refractivity contribution >= 4 is 40.5 Å². The molecule has 4 aromatic rings. The number of aromatic amines is 1. The predicted molar refractivity (Wildman–Crippen MR) is 131 cm³/mol. The fourth-order valence-corrected chi connectivity index (χ4v) is 4.25. The van der Waals surface area contributed by atoms with Crippen molar-refractivity contribution in [2.45, 2.75) is 19.4 Å². The number of fused-ring (bicyclic) bond motifs is 1. The number of methoxy groups -OCH3 is 1. The Balaban J connectivity index is 1.52. The van der Waals surface area contributed by atoms with Crippen molar-refractivity contribution in [3.8, 4) is 17.1 Å². The van der Waals surface area contributed by atoms with Crippen LogP contribution in [0.1, 0.15) is 16.1 Å². The van der Waals surface area contributed by atoms with E-state index in [4.69, 9.17) is 16.3 Å². The molecule has 3 aromatic heterocycles. The van der Waals surface area contributed by atoms with Gasteiger partial charge in [0.05, 0.1) is 52.3 Å². The number of nitrogens with one attached hydrogen (secondary N) is 4. The number of ether oxygens (including phenoxy) is 1. The van der Waals surface area contributed by atoms with Crippen LogP contribution in [-0.4, -0.2) is 50.7 Å². The molecule has 0 bridgehead atoms. The third kappa shape index (κ3) is 4.67. The van der Waals surface area contributed by atoms with Crippen molar-refractivity contribution in [1.29, 1.82) is 0 Å². The number of carbonyl (C=O) groups excluding carboxylic acids is 1. The predicted octanol–water partition coefficient (Wildman–Crippen LogP) is 4.37. The summed E-state index contributed by atoms with van der Waals surface area (Å²) >= 11 is 6.30. The highest BCUT2D eigenvalue weighted by Gasteiger charge is 2.28.